The topological polar surface area (TPSA) is 77.0 Å². The van der Waals surface area contributed by atoms with Crippen LogP contribution in [-0.4, -0.2) is 77.1 Å². The number of hydrogen-bond donors (Lipinski definition) is 1. The Morgan fingerprint density at radius 3 is 2.77 bits per heavy atom. The number of amides is 2. The minimum absolute atomic E-state index is 0.0208. The maximum Gasteiger partial charge on any atom is 0.319 e. The van der Waals surface area contributed by atoms with Crippen molar-refractivity contribution in [2.45, 2.75) is 6.54 Å². The van der Waals surface area contributed by atoms with Gasteiger partial charge < -0.3 is 14.9 Å². The first-order valence-electron chi connectivity index (χ1n) is 7.21. The number of thiazole rings is 1. The average molecular weight is 324 g/mol. The first-order valence-corrected chi connectivity index (χ1v) is 8.16. The summed E-state index contributed by atoms with van der Waals surface area (Å²) in [5.41, 5.74) is 1.92. The van der Waals surface area contributed by atoms with E-state index >= 15 is 0 Å². The molecule has 2 fully saturated rings. The molecule has 2 aliphatic heterocycles. The molecule has 8 heteroatoms. The van der Waals surface area contributed by atoms with Crippen molar-refractivity contribution in [1.29, 1.82) is 0 Å². The first kappa shape index (κ1) is 15.2. The van der Waals surface area contributed by atoms with E-state index < -0.39 is 11.4 Å². The summed E-state index contributed by atoms with van der Waals surface area (Å²) in [6.07, 6.45) is 0. The Kier molecular flexibility index (Phi) is 3.82. The second kappa shape index (κ2) is 5.51. The number of aliphatic carboxylic acids is 1. The fourth-order valence-electron chi connectivity index (χ4n) is 3.57. The lowest BCUT2D eigenvalue weighted by Crippen LogP contribution is -2.44. The highest BCUT2D eigenvalue weighted by Gasteiger charge is 2.58. The molecule has 0 saturated carbocycles. The van der Waals surface area contributed by atoms with E-state index in [9.17, 15) is 14.7 Å². The zero-order valence-corrected chi connectivity index (χ0v) is 13.5. The SMILES string of the molecule is CN(C)C(=O)N1C[C@@H]2CN(Cc3cscn3)C[C@]2(C(=O)O)C1. The third-order valence-electron chi connectivity index (χ3n) is 4.63. The van der Waals surface area contributed by atoms with Gasteiger partial charge in [0.05, 0.1) is 11.2 Å². The lowest BCUT2D eigenvalue weighted by molar-refractivity contribution is -0.148. The Balaban J connectivity index is 1.74. The molecule has 3 heterocycles. The molecule has 0 unspecified atom stereocenters. The van der Waals surface area contributed by atoms with E-state index in [1.54, 1.807) is 35.8 Å². The number of rotatable bonds is 3. The van der Waals surface area contributed by atoms with Crippen LogP contribution in [0.2, 0.25) is 0 Å². The fraction of sp³-hybridized carbons (Fsp3) is 0.643. The molecular formula is C14H20N4O3S. The van der Waals surface area contributed by atoms with Gasteiger partial charge in [0.25, 0.3) is 0 Å². The predicted octanol–water partition coefficient (Wildman–Crippen LogP) is 0.643. The van der Waals surface area contributed by atoms with Crippen LogP contribution in [-0.2, 0) is 11.3 Å². The molecule has 120 valence electrons. The molecule has 1 aromatic rings. The Hall–Kier alpha value is -1.67. The van der Waals surface area contributed by atoms with Gasteiger partial charge in [-0.05, 0) is 0 Å². The van der Waals surface area contributed by atoms with E-state index in [0.29, 0.717) is 26.2 Å². The number of carboxylic acid groups (broad SMARTS) is 1. The zero-order valence-electron chi connectivity index (χ0n) is 12.7. The van der Waals surface area contributed by atoms with Crippen molar-refractivity contribution in [3.63, 3.8) is 0 Å². The highest BCUT2D eigenvalue weighted by molar-refractivity contribution is 7.07. The van der Waals surface area contributed by atoms with Crippen molar-refractivity contribution in [2.75, 3.05) is 40.3 Å². The van der Waals surface area contributed by atoms with E-state index in [1.807, 2.05) is 5.38 Å². The highest BCUT2D eigenvalue weighted by Crippen LogP contribution is 2.43. The highest BCUT2D eigenvalue weighted by atomic mass is 32.1. The Bertz CT molecular complexity index is 577. The molecule has 1 aromatic heterocycles. The molecule has 2 aliphatic rings. The molecule has 7 nitrogen and oxygen atoms in total. The van der Waals surface area contributed by atoms with Crippen molar-refractivity contribution in [3.05, 3.63) is 16.6 Å². The molecule has 0 aromatic carbocycles. The van der Waals surface area contributed by atoms with Crippen LogP contribution in [0.25, 0.3) is 0 Å². The monoisotopic (exact) mass is 324 g/mol. The third kappa shape index (κ3) is 2.46. The Labute approximate surface area is 133 Å². The maximum absolute atomic E-state index is 12.1. The van der Waals surface area contributed by atoms with Crippen molar-refractivity contribution in [1.82, 2.24) is 19.7 Å². The number of hydrogen-bond acceptors (Lipinski definition) is 5. The van der Waals surface area contributed by atoms with Gasteiger partial charge >= 0.3 is 12.0 Å². The Morgan fingerprint density at radius 1 is 1.45 bits per heavy atom. The van der Waals surface area contributed by atoms with Crippen molar-refractivity contribution >= 4 is 23.3 Å². The zero-order chi connectivity index (χ0) is 15.9. The molecule has 22 heavy (non-hydrogen) atoms. The van der Waals surface area contributed by atoms with Gasteiger partial charge in [-0.15, -0.1) is 11.3 Å². The summed E-state index contributed by atoms with van der Waals surface area (Å²) in [6, 6.07) is -0.110. The molecule has 2 atom stereocenters. The summed E-state index contributed by atoms with van der Waals surface area (Å²) in [5.74, 6) is -0.820. The summed E-state index contributed by atoms with van der Waals surface area (Å²) in [6.45, 7) is 2.65. The van der Waals surface area contributed by atoms with E-state index in [0.717, 1.165) is 5.69 Å². The molecular weight excluding hydrogens is 304 g/mol. The summed E-state index contributed by atoms with van der Waals surface area (Å²) >= 11 is 1.54. The van der Waals surface area contributed by atoms with E-state index in [1.165, 1.54) is 4.90 Å². The molecule has 0 radical (unpaired) electrons. The summed E-state index contributed by atoms with van der Waals surface area (Å²) in [4.78, 5) is 33.6. The van der Waals surface area contributed by atoms with Gasteiger partial charge in [0.2, 0.25) is 0 Å². The summed E-state index contributed by atoms with van der Waals surface area (Å²) in [5, 5.41) is 11.8. The van der Waals surface area contributed by atoms with Crippen molar-refractivity contribution in [3.8, 4) is 0 Å². The average Bonchev–Trinajstić information content (AvgIpc) is 3.12. The minimum atomic E-state index is -0.846. The normalized spacial score (nSPS) is 27.9. The van der Waals surface area contributed by atoms with Gasteiger partial charge in [0.1, 0.15) is 5.41 Å². The number of urea groups is 1. The van der Waals surface area contributed by atoms with Gasteiger partial charge in [-0.3, -0.25) is 9.69 Å². The van der Waals surface area contributed by atoms with Crippen LogP contribution in [0.3, 0.4) is 0 Å². The molecule has 0 aliphatic carbocycles. The number of nitrogens with zero attached hydrogens (tertiary/aromatic N) is 4. The number of aromatic nitrogens is 1. The summed E-state index contributed by atoms with van der Waals surface area (Å²) in [7, 11) is 3.39. The number of fused-ring (bicyclic) bond motifs is 1. The van der Waals surface area contributed by atoms with Crippen molar-refractivity contribution in [2.24, 2.45) is 11.3 Å². The number of carboxylic acids is 1. The summed E-state index contributed by atoms with van der Waals surface area (Å²) < 4.78 is 0. The van der Waals surface area contributed by atoms with Crippen LogP contribution >= 0.6 is 11.3 Å². The second-order valence-corrected chi connectivity index (χ2v) is 7.08. The molecule has 0 bridgehead atoms. The van der Waals surface area contributed by atoms with Crippen molar-refractivity contribution < 1.29 is 14.7 Å². The third-order valence-corrected chi connectivity index (χ3v) is 5.26. The lowest BCUT2D eigenvalue weighted by Gasteiger charge is -2.26. The fourth-order valence-corrected chi connectivity index (χ4v) is 4.12. The minimum Gasteiger partial charge on any atom is -0.481 e. The Morgan fingerprint density at radius 2 is 2.23 bits per heavy atom. The molecule has 2 saturated heterocycles. The largest absolute Gasteiger partial charge is 0.481 e. The van der Waals surface area contributed by atoms with Crippen LogP contribution < -0.4 is 0 Å². The predicted molar refractivity (Wildman–Crippen MR) is 81.6 cm³/mol. The van der Waals surface area contributed by atoms with Crippen LogP contribution in [0.15, 0.2) is 10.9 Å². The smallest absolute Gasteiger partial charge is 0.319 e. The van der Waals surface area contributed by atoms with Crippen LogP contribution in [0, 0.1) is 11.3 Å². The molecule has 0 spiro atoms. The second-order valence-electron chi connectivity index (χ2n) is 6.37. The molecule has 2 amide bonds. The van der Waals surface area contributed by atoms with E-state index in [2.05, 4.69) is 9.88 Å². The van der Waals surface area contributed by atoms with Crippen LogP contribution in [0.1, 0.15) is 5.69 Å². The van der Waals surface area contributed by atoms with Gasteiger partial charge in [-0.2, -0.15) is 0 Å². The number of carbonyl (C=O) groups is 2. The van der Waals surface area contributed by atoms with Crippen LogP contribution in [0.4, 0.5) is 4.79 Å². The maximum atomic E-state index is 12.1. The van der Waals surface area contributed by atoms with Gasteiger partial charge in [0.15, 0.2) is 0 Å². The number of carbonyl (C=O) groups excluding carboxylic acids is 1. The molecule has 3 rings (SSSR count). The quantitative estimate of drug-likeness (QED) is 0.883. The van der Waals surface area contributed by atoms with Crippen LogP contribution in [0.5, 0.6) is 0 Å². The molecule has 1 N–H and O–H groups in total. The lowest BCUT2D eigenvalue weighted by atomic mass is 9.81. The van der Waals surface area contributed by atoms with Gasteiger partial charge in [0, 0.05) is 58.1 Å². The standard InChI is InChI=1S/C14H20N4O3S/c1-16(2)13(21)18-4-10-3-17(5-11-6-22-9-15-11)7-14(10,8-18)12(19)20/h6,9-10H,3-5,7-8H2,1-2H3,(H,19,20)/t10-,14-/m0/s1. The van der Waals surface area contributed by atoms with Gasteiger partial charge in [-0.25, -0.2) is 9.78 Å². The van der Waals surface area contributed by atoms with E-state index in [4.69, 9.17) is 0 Å². The van der Waals surface area contributed by atoms with Gasteiger partial charge in [-0.1, -0.05) is 0 Å². The van der Waals surface area contributed by atoms with E-state index in [-0.39, 0.29) is 18.5 Å². The first-order chi connectivity index (χ1) is 10.4. The number of likely N-dealkylation sites (tertiary alicyclic amines) is 2.